The molecule has 3 saturated carbocycles. The molecular formula is C44H66BN7O7. The maximum atomic E-state index is 13.5. The highest BCUT2D eigenvalue weighted by molar-refractivity contribution is 6.47. The molecule has 0 spiro atoms. The van der Waals surface area contributed by atoms with Crippen molar-refractivity contribution in [1.29, 1.82) is 0 Å². The predicted octanol–water partition coefficient (Wildman–Crippen LogP) is 3.15. The summed E-state index contributed by atoms with van der Waals surface area (Å²) in [5.41, 5.74) is 15.0. The number of amides is 5. The smallest absolute Gasteiger partial charge is 0.404 e. The molecule has 2 bridgehead atoms. The lowest BCUT2D eigenvalue weighted by Gasteiger charge is -2.64. The Bertz CT molecular complexity index is 1790. The highest BCUT2D eigenvalue weighted by Gasteiger charge is 2.68. The first-order valence-electron chi connectivity index (χ1n) is 21.5. The summed E-state index contributed by atoms with van der Waals surface area (Å²) in [6.07, 6.45) is 5.82. The van der Waals surface area contributed by atoms with Crippen molar-refractivity contribution in [2.24, 2.45) is 28.7 Å². The van der Waals surface area contributed by atoms with Gasteiger partial charge in [-0.1, -0.05) is 70.5 Å². The van der Waals surface area contributed by atoms with Crippen molar-refractivity contribution in [2.45, 2.75) is 142 Å². The average molecular weight is 816 g/mol. The highest BCUT2D eigenvalue weighted by Crippen LogP contribution is 2.65. The Balaban J connectivity index is 1.11. The molecule has 4 fully saturated rings. The van der Waals surface area contributed by atoms with E-state index in [0.29, 0.717) is 23.8 Å². The van der Waals surface area contributed by atoms with Crippen LogP contribution >= 0.6 is 0 Å². The van der Waals surface area contributed by atoms with E-state index in [2.05, 4.69) is 78.5 Å². The summed E-state index contributed by atoms with van der Waals surface area (Å²) in [5.74, 6) is -2.18. The molecule has 14 nitrogen and oxygen atoms in total. The highest BCUT2D eigenvalue weighted by atomic mass is 16.7. The Labute approximate surface area is 350 Å². The summed E-state index contributed by atoms with van der Waals surface area (Å²) in [7, 11) is -0.613. The standard InChI is InChI=1S/C44H66BN7O7/c1-8-10-11-28-12-14-29(15-13-28)30-16-18-31(19-17-30)39(54)51-35(21-23-47)42(57)52-34(20-22-46)41(56)48-26(3)38(53)50-33(9-2)40(55)49-27(4)45-58-37-25-32-24-36(43(32,5)6)44(37,7)59-45/h12-19,26-27,32-37H,8-11,20-25,46-47H2,1-7H3,(H,48,56)(H,49,55)(H,50,53)(H,51,54)(H,52,57)/t26-,27-,32-,33-,34-,35-,36-,37?,44-/m0/s1. The van der Waals surface area contributed by atoms with Crippen LogP contribution in [0.5, 0.6) is 0 Å². The molecule has 9 N–H and O–H groups in total. The van der Waals surface area contributed by atoms with Gasteiger partial charge in [-0.2, -0.15) is 0 Å². The Morgan fingerprint density at radius 2 is 1.31 bits per heavy atom. The number of aryl methyl sites for hydroxylation is 1. The van der Waals surface area contributed by atoms with Crippen LogP contribution in [0.1, 0.15) is 109 Å². The van der Waals surface area contributed by atoms with Crippen molar-refractivity contribution in [3.63, 3.8) is 0 Å². The van der Waals surface area contributed by atoms with Crippen LogP contribution in [0.2, 0.25) is 0 Å². The molecule has 4 aliphatic rings. The molecule has 5 amide bonds. The van der Waals surface area contributed by atoms with Gasteiger partial charge in [0.2, 0.25) is 23.6 Å². The summed E-state index contributed by atoms with van der Waals surface area (Å²) in [4.78, 5) is 66.8. The van der Waals surface area contributed by atoms with Crippen molar-refractivity contribution in [3.8, 4) is 11.1 Å². The number of hydrogen-bond donors (Lipinski definition) is 7. The van der Waals surface area contributed by atoms with E-state index in [-0.39, 0.29) is 37.5 Å². The minimum absolute atomic E-state index is 0.0273. The van der Waals surface area contributed by atoms with Crippen molar-refractivity contribution in [1.82, 2.24) is 26.6 Å². The number of rotatable bonds is 20. The van der Waals surface area contributed by atoms with E-state index in [1.165, 1.54) is 12.5 Å². The molecule has 9 atom stereocenters. The molecule has 322 valence electrons. The van der Waals surface area contributed by atoms with E-state index in [4.69, 9.17) is 20.8 Å². The fourth-order valence-electron chi connectivity index (χ4n) is 8.98. The van der Waals surface area contributed by atoms with Gasteiger partial charge in [-0.05, 0) is 125 Å². The van der Waals surface area contributed by atoms with Gasteiger partial charge in [-0.15, -0.1) is 0 Å². The first-order valence-corrected chi connectivity index (χ1v) is 21.5. The van der Waals surface area contributed by atoms with Gasteiger partial charge in [-0.25, -0.2) is 0 Å². The van der Waals surface area contributed by atoms with Crippen LogP contribution in [0.25, 0.3) is 11.1 Å². The molecule has 59 heavy (non-hydrogen) atoms. The number of hydrogen-bond acceptors (Lipinski definition) is 9. The summed E-state index contributed by atoms with van der Waals surface area (Å²) in [5, 5.41) is 13.8. The van der Waals surface area contributed by atoms with Gasteiger partial charge in [0, 0.05) is 5.56 Å². The second-order valence-electron chi connectivity index (χ2n) is 17.5. The molecule has 1 unspecified atom stereocenters. The van der Waals surface area contributed by atoms with Gasteiger partial charge in [0.15, 0.2) is 0 Å². The van der Waals surface area contributed by atoms with E-state index >= 15 is 0 Å². The third-order valence-corrected chi connectivity index (χ3v) is 13.0. The van der Waals surface area contributed by atoms with Crippen LogP contribution in [0.3, 0.4) is 0 Å². The average Bonchev–Trinajstić information content (AvgIpc) is 3.59. The van der Waals surface area contributed by atoms with E-state index in [1.54, 1.807) is 19.1 Å². The third-order valence-electron chi connectivity index (χ3n) is 13.0. The van der Waals surface area contributed by atoms with Crippen molar-refractivity contribution >= 4 is 36.7 Å². The summed E-state index contributed by atoms with van der Waals surface area (Å²) >= 11 is 0. The van der Waals surface area contributed by atoms with Gasteiger partial charge in [0.1, 0.15) is 24.2 Å². The monoisotopic (exact) mass is 816 g/mol. The number of nitrogens with one attached hydrogen (secondary N) is 5. The summed E-state index contributed by atoms with van der Waals surface area (Å²) in [6, 6.07) is 11.4. The van der Waals surface area contributed by atoms with Crippen LogP contribution in [-0.2, 0) is 34.9 Å². The number of carbonyl (C=O) groups excluding carboxylic acids is 5. The normalized spacial score (nSPS) is 23.9. The van der Waals surface area contributed by atoms with E-state index in [0.717, 1.165) is 43.2 Å². The first kappa shape index (κ1) is 45.8. The van der Waals surface area contributed by atoms with Crippen LogP contribution in [-0.4, -0.2) is 91.6 Å². The van der Waals surface area contributed by atoms with E-state index in [1.807, 2.05) is 19.1 Å². The molecule has 6 rings (SSSR count). The Kier molecular flexibility index (Phi) is 15.4. The van der Waals surface area contributed by atoms with Crippen molar-refractivity contribution < 1.29 is 33.3 Å². The van der Waals surface area contributed by atoms with Crippen LogP contribution < -0.4 is 38.1 Å². The molecule has 15 heteroatoms. The maximum Gasteiger partial charge on any atom is 0.481 e. The lowest BCUT2D eigenvalue weighted by molar-refractivity contribution is -0.199. The molecule has 1 saturated heterocycles. The quantitative estimate of drug-likeness (QED) is 0.0977. The van der Waals surface area contributed by atoms with Crippen LogP contribution in [0.15, 0.2) is 48.5 Å². The summed E-state index contributed by atoms with van der Waals surface area (Å²) < 4.78 is 12.8. The predicted molar refractivity (Wildman–Crippen MR) is 229 cm³/mol. The fourth-order valence-corrected chi connectivity index (χ4v) is 8.98. The molecule has 1 aliphatic heterocycles. The fraction of sp³-hybridized carbons (Fsp3) is 0.614. The topological polar surface area (TPSA) is 216 Å². The zero-order chi connectivity index (χ0) is 43.1. The van der Waals surface area contributed by atoms with Crippen LogP contribution in [0, 0.1) is 17.3 Å². The van der Waals surface area contributed by atoms with Crippen molar-refractivity contribution in [2.75, 3.05) is 13.1 Å². The number of carbonyl (C=O) groups is 5. The molecule has 3 aliphatic carbocycles. The zero-order valence-corrected chi connectivity index (χ0v) is 35.9. The number of benzene rings is 2. The summed E-state index contributed by atoms with van der Waals surface area (Å²) in [6.45, 7) is 14.1. The molecule has 0 radical (unpaired) electrons. The Hall–Kier alpha value is -4.31. The molecule has 2 aromatic rings. The SMILES string of the molecule is CCCCc1ccc(-c2ccc(C(=O)N[C@@H](CCN)C(=O)N[C@@H](CCN)C(=O)N[C@@H](C)C(=O)N[C@@H](CC)C(=O)N[C@@H](C)B3OC4C[C@@H]5C[C@@H](C5(C)C)[C@]4(C)O3)cc2)cc1. The van der Waals surface area contributed by atoms with Gasteiger partial charge in [-0.3, -0.25) is 24.0 Å². The number of unbranched alkanes of at least 4 members (excludes halogenated alkanes) is 1. The Morgan fingerprint density at radius 3 is 1.88 bits per heavy atom. The van der Waals surface area contributed by atoms with E-state index < -0.39 is 72.4 Å². The van der Waals surface area contributed by atoms with Crippen LogP contribution in [0.4, 0.5) is 0 Å². The Morgan fingerprint density at radius 1 is 0.746 bits per heavy atom. The minimum Gasteiger partial charge on any atom is -0.404 e. The van der Waals surface area contributed by atoms with Gasteiger partial charge >= 0.3 is 7.12 Å². The third kappa shape index (κ3) is 10.5. The zero-order valence-electron chi connectivity index (χ0n) is 35.9. The second kappa shape index (κ2) is 19.8. The number of nitrogens with two attached hydrogens (primary N) is 2. The maximum absolute atomic E-state index is 13.5. The largest absolute Gasteiger partial charge is 0.481 e. The first-order chi connectivity index (χ1) is 28.1. The molecular weight excluding hydrogens is 749 g/mol. The molecule has 2 aromatic carbocycles. The minimum atomic E-state index is -1.10. The van der Waals surface area contributed by atoms with Gasteiger partial charge < -0.3 is 47.4 Å². The lowest BCUT2D eigenvalue weighted by Crippen LogP contribution is -2.65. The molecule has 1 heterocycles. The molecule has 0 aromatic heterocycles. The van der Waals surface area contributed by atoms with Crippen molar-refractivity contribution in [3.05, 3.63) is 59.7 Å². The van der Waals surface area contributed by atoms with Gasteiger partial charge in [0.25, 0.3) is 5.91 Å². The van der Waals surface area contributed by atoms with E-state index in [9.17, 15) is 24.0 Å². The lowest BCUT2D eigenvalue weighted by atomic mass is 9.43. The van der Waals surface area contributed by atoms with Gasteiger partial charge in [0.05, 0.1) is 17.6 Å². The second-order valence-corrected chi connectivity index (χ2v) is 17.5.